The number of esters is 3. The molecule has 0 aliphatic heterocycles. The van der Waals surface area contributed by atoms with Crippen LogP contribution in [0.1, 0.15) is 47.5 Å². The van der Waals surface area contributed by atoms with Crippen LogP contribution in [0, 0.1) is 10.8 Å². The highest BCUT2D eigenvalue weighted by Gasteiger charge is 2.49. The lowest BCUT2D eigenvalue weighted by Crippen LogP contribution is -2.45. The SMILES string of the molecule is CCOC(=O)C(C)(CC(C)(C)C(=O)OCCO)CC(C)(Br)C(=O)OC. The zero-order valence-electron chi connectivity index (χ0n) is 15.8. The van der Waals surface area contributed by atoms with Gasteiger partial charge in [-0.2, -0.15) is 0 Å². The molecule has 0 saturated carbocycles. The Hall–Kier alpha value is -1.15. The van der Waals surface area contributed by atoms with E-state index in [0.29, 0.717) is 0 Å². The van der Waals surface area contributed by atoms with Crippen molar-refractivity contribution >= 4 is 33.8 Å². The number of carbonyl (C=O) groups excluding carboxylic acids is 3. The van der Waals surface area contributed by atoms with Crippen molar-refractivity contribution < 1.29 is 33.7 Å². The zero-order valence-corrected chi connectivity index (χ0v) is 17.4. The summed E-state index contributed by atoms with van der Waals surface area (Å²) in [7, 11) is 1.26. The Morgan fingerprint density at radius 2 is 1.52 bits per heavy atom. The zero-order chi connectivity index (χ0) is 19.9. The maximum Gasteiger partial charge on any atom is 0.322 e. The molecular formula is C17H29BrO7. The molecule has 25 heavy (non-hydrogen) atoms. The smallest absolute Gasteiger partial charge is 0.322 e. The van der Waals surface area contributed by atoms with Gasteiger partial charge in [0, 0.05) is 0 Å². The lowest BCUT2D eigenvalue weighted by Gasteiger charge is -2.37. The van der Waals surface area contributed by atoms with Crippen molar-refractivity contribution in [1.82, 2.24) is 0 Å². The Bertz CT molecular complexity index is 487. The monoisotopic (exact) mass is 424 g/mol. The first-order chi connectivity index (χ1) is 11.4. The van der Waals surface area contributed by atoms with Crippen LogP contribution in [0.25, 0.3) is 0 Å². The van der Waals surface area contributed by atoms with E-state index in [2.05, 4.69) is 15.9 Å². The minimum absolute atomic E-state index is 0.0716. The fourth-order valence-corrected chi connectivity index (χ4v) is 3.69. The van der Waals surface area contributed by atoms with Crippen molar-refractivity contribution in [3.8, 4) is 0 Å². The molecule has 8 heteroatoms. The molecule has 0 aromatic heterocycles. The van der Waals surface area contributed by atoms with Gasteiger partial charge in [0.25, 0.3) is 0 Å². The molecule has 0 aromatic carbocycles. The molecule has 2 atom stereocenters. The summed E-state index contributed by atoms with van der Waals surface area (Å²) in [6.45, 7) is 8.02. The molecule has 0 radical (unpaired) electrons. The van der Waals surface area contributed by atoms with Crippen LogP contribution in [0.4, 0.5) is 0 Å². The molecule has 2 unspecified atom stereocenters. The van der Waals surface area contributed by atoms with Gasteiger partial charge in [0.2, 0.25) is 0 Å². The summed E-state index contributed by atoms with van der Waals surface area (Å²) in [5.74, 6) is -1.57. The van der Waals surface area contributed by atoms with Crippen molar-refractivity contribution in [3.05, 3.63) is 0 Å². The largest absolute Gasteiger partial charge is 0.468 e. The predicted molar refractivity (Wildman–Crippen MR) is 95.1 cm³/mol. The fraction of sp³-hybridized carbons (Fsp3) is 0.824. The molecule has 146 valence electrons. The number of hydrogen-bond acceptors (Lipinski definition) is 7. The highest BCUT2D eigenvalue weighted by atomic mass is 79.9. The fourth-order valence-electron chi connectivity index (χ4n) is 2.91. The predicted octanol–water partition coefficient (Wildman–Crippen LogP) is 2.22. The van der Waals surface area contributed by atoms with Crippen LogP contribution in [-0.4, -0.2) is 54.3 Å². The number of ether oxygens (including phenoxy) is 3. The van der Waals surface area contributed by atoms with Crippen molar-refractivity contribution in [2.75, 3.05) is 26.9 Å². The molecule has 0 saturated heterocycles. The Morgan fingerprint density at radius 3 is 1.96 bits per heavy atom. The van der Waals surface area contributed by atoms with Gasteiger partial charge < -0.3 is 19.3 Å². The van der Waals surface area contributed by atoms with E-state index < -0.39 is 33.1 Å². The average Bonchev–Trinajstić information content (AvgIpc) is 2.50. The maximum atomic E-state index is 12.6. The lowest BCUT2D eigenvalue weighted by molar-refractivity contribution is -0.164. The molecule has 1 N–H and O–H groups in total. The first-order valence-electron chi connectivity index (χ1n) is 8.09. The highest BCUT2D eigenvalue weighted by Crippen LogP contribution is 2.44. The third kappa shape index (κ3) is 6.93. The summed E-state index contributed by atoms with van der Waals surface area (Å²) < 4.78 is 13.8. The molecule has 0 aliphatic rings. The summed E-state index contributed by atoms with van der Waals surface area (Å²) in [5, 5.41) is 8.80. The Balaban J connectivity index is 5.58. The van der Waals surface area contributed by atoms with Gasteiger partial charge in [-0.1, -0.05) is 15.9 Å². The summed E-state index contributed by atoms with van der Waals surface area (Å²) in [6.07, 6.45) is 0.170. The molecule has 0 amide bonds. The number of aliphatic hydroxyl groups is 1. The first kappa shape index (κ1) is 23.9. The standard InChI is InChI=1S/C17H29BrO7/c1-7-24-13(21)16(4,11-17(5,18)14(22)23-6)10-15(2,3)12(20)25-9-8-19/h19H,7-11H2,1-6H3. The van der Waals surface area contributed by atoms with Crippen LogP contribution >= 0.6 is 15.9 Å². The second-order valence-electron chi connectivity index (χ2n) is 7.07. The third-order valence-electron chi connectivity index (χ3n) is 3.81. The topological polar surface area (TPSA) is 99.1 Å². The van der Waals surface area contributed by atoms with Gasteiger partial charge >= 0.3 is 17.9 Å². The highest BCUT2D eigenvalue weighted by molar-refractivity contribution is 9.10. The molecule has 0 spiro atoms. The minimum Gasteiger partial charge on any atom is -0.468 e. The van der Waals surface area contributed by atoms with Crippen LogP contribution < -0.4 is 0 Å². The van der Waals surface area contributed by atoms with Crippen molar-refractivity contribution in [1.29, 1.82) is 0 Å². The van der Waals surface area contributed by atoms with Gasteiger partial charge in [0.15, 0.2) is 0 Å². The summed E-state index contributed by atoms with van der Waals surface area (Å²) in [6, 6.07) is 0. The Kier molecular flexibility index (Phi) is 9.08. The van der Waals surface area contributed by atoms with E-state index in [4.69, 9.17) is 19.3 Å². The number of alkyl halides is 1. The molecule has 0 heterocycles. The number of hydrogen-bond donors (Lipinski definition) is 1. The van der Waals surface area contributed by atoms with Crippen LogP contribution in [0.3, 0.4) is 0 Å². The summed E-state index contributed by atoms with van der Waals surface area (Å²) in [5.41, 5.74) is -2.15. The summed E-state index contributed by atoms with van der Waals surface area (Å²) in [4.78, 5) is 36.8. The van der Waals surface area contributed by atoms with Crippen LogP contribution in [0.15, 0.2) is 0 Å². The second kappa shape index (κ2) is 9.52. The van der Waals surface area contributed by atoms with Crippen LogP contribution in [0.5, 0.6) is 0 Å². The van der Waals surface area contributed by atoms with Gasteiger partial charge in [-0.05, 0) is 47.5 Å². The Labute approximate surface area is 157 Å². The molecule has 0 aromatic rings. The average molecular weight is 425 g/mol. The van der Waals surface area contributed by atoms with Gasteiger partial charge in [-0.15, -0.1) is 0 Å². The number of rotatable bonds is 10. The second-order valence-corrected chi connectivity index (χ2v) is 8.82. The number of halogens is 1. The molecule has 7 nitrogen and oxygen atoms in total. The first-order valence-corrected chi connectivity index (χ1v) is 8.88. The quantitative estimate of drug-likeness (QED) is 0.326. The Morgan fingerprint density at radius 1 is 0.960 bits per heavy atom. The van der Waals surface area contributed by atoms with Gasteiger partial charge in [0.1, 0.15) is 10.9 Å². The van der Waals surface area contributed by atoms with Crippen molar-refractivity contribution in [3.63, 3.8) is 0 Å². The van der Waals surface area contributed by atoms with Crippen LogP contribution in [0.2, 0.25) is 0 Å². The normalized spacial score (nSPS) is 16.3. The third-order valence-corrected chi connectivity index (χ3v) is 4.41. The maximum absolute atomic E-state index is 12.6. The number of carbonyl (C=O) groups is 3. The lowest BCUT2D eigenvalue weighted by atomic mass is 9.69. The van der Waals surface area contributed by atoms with E-state index in [1.165, 1.54) is 7.11 Å². The minimum atomic E-state index is -1.13. The summed E-state index contributed by atoms with van der Waals surface area (Å²) >= 11 is 3.32. The van der Waals surface area contributed by atoms with E-state index in [1.54, 1.807) is 34.6 Å². The van der Waals surface area contributed by atoms with Gasteiger partial charge in [0.05, 0.1) is 31.2 Å². The van der Waals surface area contributed by atoms with Crippen molar-refractivity contribution in [2.24, 2.45) is 10.8 Å². The van der Waals surface area contributed by atoms with E-state index in [9.17, 15) is 14.4 Å². The number of aliphatic hydroxyl groups excluding tert-OH is 1. The molecule has 0 aliphatic carbocycles. The molecule has 0 rings (SSSR count). The van der Waals surface area contributed by atoms with E-state index in [1.807, 2.05) is 0 Å². The van der Waals surface area contributed by atoms with Gasteiger partial charge in [-0.25, -0.2) is 0 Å². The van der Waals surface area contributed by atoms with Gasteiger partial charge in [-0.3, -0.25) is 14.4 Å². The van der Waals surface area contributed by atoms with E-state index in [0.717, 1.165) is 0 Å². The van der Waals surface area contributed by atoms with Crippen LogP contribution in [-0.2, 0) is 28.6 Å². The van der Waals surface area contributed by atoms with Crippen molar-refractivity contribution in [2.45, 2.75) is 51.8 Å². The van der Waals surface area contributed by atoms with E-state index in [-0.39, 0.29) is 32.7 Å². The molecule has 0 bridgehead atoms. The molecular weight excluding hydrogens is 396 g/mol. The van der Waals surface area contributed by atoms with E-state index >= 15 is 0 Å². The number of methoxy groups -OCH3 is 1. The molecule has 0 fully saturated rings.